The van der Waals surface area contributed by atoms with Crippen LogP contribution in [0.15, 0.2) is 24.4 Å². The third-order valence-corrected chi connectivity index (χ3v) is 4.51. The van der Waals surface area contributed by atoms with E-state index in [1.54, 1.807) is 0 Å². The fraction of sp³-hybridized carbons (Fsp3) is 0.471. The van der Waals surface area contributed by atoms with Crippen LogP contribution in [0, 0.1) is 23.2 Å². The Morgan fingerprint density at radius 1 is 1.41 bits per heavy atom. The molecule has 0 bridgehead atoms. The van der Waals surface area contributed by atoms with Crippen molar-refractivity contribution in [3.63, 3.8) is 0 Å². The molecule has 0 atom stereocenters. The van der Waals surface area contributed by atoms with Crippen LogP contribution in [0.2, 0.25) is 0 Å². The molecule has 0 radical (unpaired) electrons. The van der Waals surface area contributed by atoms with E-state index in [2.05, 4.69) is 11.2 Å². The van der Waals surface area contributed by atoms with Crippen LogP contribution in [0.25, 0.3) is 10.9 Å². The number of benzene rings is 1. The molecular formula is C17H19N3O2. The van der Waals surface area contributed by atoms with E-state index in [0.29, 0.717) is 11.5 Å². The van der Waals surface area contributed by atoms with Crippen molar-refractivity contribution >= 4 is 16.9 Å². The first kappa shape index (κ1) is 14.6. The predicted octanol–water partition coefficient (Wildman–Crippen LogP) is 2.89. The first-order chi connectivity index (χ1) is 10.7. The minimum absolute atomic E-state index is 0.0659. The van der Waals surface area contributed by atoms with Crippen LogP contribution in [-0.4, -0.2) is 22.9 Å². The molecule has 0 saturated heterocycles. The van der Waals surface area contributed by atoms with Crippen molar-refractivity contribution in [3.8, 4) is 6.07 Å². The SMILES string of the molecule is COC(=O)C1CCC(Cn2cc3ccc(C#N)cc3n2)CC1. The molecule has 1 aliphatic rings. The lowest BCUT2D eigenvalue weighted by molar-refractivity contribution is -0.146. The van der Waals surface area contributed by atoms with Gasteiger partial charge in [0.15, 0.2) is 0 Å². The third kappa shape index (κ3) is 2.96. The molecule has 5 nitrogen and oxygen atoms in total. The smallest absolute Gasteiger partial charge is 0.308 e. The summed E-state index contributed by atoms with van der Waals surface area (Å²) in [4.78, 5) is 11.5. The van der Waals surface area contributed by atoms with E-state index in [9.17, 15) is 4.79 Å². The second kappa shape index (κ2) is 6.18. The fourth-order valence-corrected chi connectivity index (χ4v) is 3.24. The minimum Gasteiger partial charge on any atom is -0.469 e. The van der Waals surface area contributed by atoms with E-state index >= 15 is 0 Å². The summed E-state index contributed by atoms with van der Waals surface area (Å²) in [6.45, 7) is 0.866. The number of carbonyl (C=O) groups excluding carboxylic acids is 1. The quantitative estimate of drug-likeness (QED) is 0.817. The topological polar surface area (TPSA) is 67.9 Å². The Morgan fingerprint density at radius 2 is 2.18 bits per heavy atom. The zero-order chi connectivity index (χ0) is 15.5. The maximum absolute atomic E-state index is 11.5. The molecule has 0 spiro atoms. The molecule has 1 aliphatic carbocycles. The number of rotatable bonds is 3. The van der Waals surface area contributed by atoms with Gasteiger partial charge in [0.1, 0.15) is 0 Å². The van der Waals surface area contributed by atoms with E-state index in [-0.39, 0.29) is 11.9 Å². The zero-order valence-electron chi connectivity index (χ0n) is 12.7. The molecule has 3 rings (SSSR count). The molecule has 1 aromatic carbocycles. The van der Waals surface area contributed by atoms with Gasteiger partial charge in [-0.15, -0.1) is 0 Å². The van der Waals surface area contributed by atoms with Crippen molar-refractivity contribution in [2.75, 3.05) is 7.11 Å². The molecule has 0 aliphatic heterocycles. The van der Waals surface area contributed by atoms with Gasteiger partial charge in [-0.1, -0.05) is 0 Å². The molecule has 0 amide bonds. The number of methoxy groups -OCH3 is 1. The highest BCUT2D eigenvalue weighted by atomic mass is 16.5. The summed E-state index contributed by atoms with van der Waals surface area (Å²) in [6, 6.07) is 7.71. The van der Waals surface area contributed by atoms with Crippen molar-refractivity contribution in [2.24, 2.45) is 11.8 Å². The average molecular weight is 297 g/mol. The fourth-order valence-electron chi connectivity index (χ4n) is 3.24. The Kier molecular flexibility index (Phi) is 4.10. The Bertz CT molecular complexity index is 721. The van der Waals surface area contributed by atoms with Crippen LogP contribution in [-0.2, 0) is 16.1 Å². The van der Waals surface area contributed by atoms with Crippen molar-refractivity contribution in [3.05, 3.63) is 30.0 Å². The first-order valence-electron chi connectivity index (χ1n) is 7.64. The summed E-state index contributed by atoms with van der Waals surface area (Å²) in [5.41, 5.74) is 1.50. The van der Waals surface area contributed by atoms with E-state index < -0.39 is 0 Å². The number of carbonyl (C=O) groups is 1. The van der Waals surface area contributed by atoms with Gasteiger partial charge >= 0.3 is 5.97 Å². The molecule has 1 saturated carbocycles. The number of ether oxygens (including phenoxy) is 1. The summed E-state index contributed by atoms with van der Waals surface area (Å²) >= 11 is 0. The van der Waals surface area contributed by atoms with Crippen LogP contribution in [0.1, 0.15) is 31.2 Å². The summed E-state index contributed by atoms with van der Waals surface area (Å²) in [5.74, 6) is 0.536. The molecule has 2 aromatic rings. The van der Waals surface area contributed by atoms with Crippen molar-refractivity contribution in [1.29, 1.82) is 5.26 Å². The summed E-state index contributed by atoms with van der Waals surface area (Å²) in [5, 5.41) is 14.5. The summed E-state index contributed by atoms with van der Waals surface area (Å²) < 4.78 is 6.79. The Morgan fingerprint density at radius 3 is 2.86 bits per heavy atom. The van der Waals surface area contributed by atoms with Gasteiger partial charge in [-0.05, 0) is 49.8 Å². The molecule has 114 valence electrons. The molecule has 1 aromatic heterocycles. The predicted molar refractivity (Wildman–Crippen MR) is 81.9 cm³/mol. The number of fused-ring (bicyclic) bond motifs is 1. The number of nitrogens with zero attached hydrogens (tertiary/aromatic N) is 3. The van der Waals surface area contributed by atoms with Gasteiger partial charge in [-0.3, -0.25) is 9.48 Å². The van der Waals surface area contributed by atoms with Gasteiger partial charge in [0.2, 0.25) is 0 Å². The van der Waals surface area contributed by atoms with Gasteiger partial charge in [0, 0.05) is 18.1 Å². The van der Waals surface area contributed by atoms with Gasteiger partial charge in [-0.25, -0.2) is 0 Å². The maximum atomic E-state index is 11.5. The number of hydrogen-bond donors (Lipinski definition) is 0. The summed E-state index contributed by atoms with van der Waals surface area (Å²) in [7, 11) is 1.46. The van der Waals surface area contributed by atoms with Crippen LogP contribution < -0.4 is 0 Å². The number of hydrogen-bond acceptors (Lipinski definition) is 4. The van der Waals surface area contributed by atoms with Crippen molar-refractivity contribution in [1.82, 2.24) is 9.78 Å². The summed E-state index contributed by atoms with van der Waals surface area (Å²) in [6.07, 6.45) is 5.88. The normalized spacial score (nSPS) is 21.5. The maximum Gasteiger partial charge on any atom is 0.308 e. The lowest BCUT2D eigenvalue weighted by Crippen LogP contribution is -2.25. The van der Waals surface area contributed by atoms with Crippen LogP contribution in [0.4, 0.5) is 0 Å². The van der Waals surface area contributed by atoms with E-state index in [4.69, 9.17) is 10.00 Å². The van der Waals surface area contributed by atoms with Crippen molar-refractivity contribution < 1.29 is 9.53 Å². The van der Waals surface area contributed by atoms with Gasteiger partial charge in [0.05, 0.1) is 30.2 Å². The van der Waals surface area contributed by atoms with E-state index in [1.807, 2.05) is 29.1 Å². The highest BCUT2D eigenvalue weighted by molar-refractivity contribution is 5.79. The van der Waals surface area contributed by atoms with Gasteiger partial charge in [0.25, 0.3) is 0 Å². The minimum atomic E-state index is -0.0766. The highest BCUT2D eigenvalue weighted by Gasteiger charge is 2.27. The molecule has 1 heterocycles. The molecule has 0 unspecified atom stereocenters. The number of nitriles is 1. The Labute approximate surface area is 129 Å². The molecular weight excluding hydrogens is 278 g/mol. The zero-order valence-corrected chi connectivity index (χ0v) is 12.7. The van der Waals surface area contributed by atoms with Crippen LogP contribution in [0.5, 0.6) is 0 Å². The van der Waals surface area contributed by atoms with Crippen molar-refractivity contribution in [2.45, 2.75) is 32.2 Å². The molecule has 5 heteroatoms. The lowest BCUT2D eigenvalue weighted by atomic mass is 9.82. The standard InChI is InChI=1S/C17H19N3O2/c1-22-17(21)14-5-2-12(3-6-14)10-20-11-15-7-4-13(9-18)8-16(15)19-20/h4,7-8,11-12,14H,2-3,5-6,10H2,1H3. The third-order valence-electron chi connectivity index (χ3n) is 4.51. The monoisotopic (exact) mass is 297 g/mol. The Hall–Kier alpha value is -2.35. The first-order valence-corrected chi connectivity index (χ1v) is 7.64. The van der Waals surface area contributed by atoms with Crippen LogP contribution >= 0.6 is 0 Å². The van der Waals surface area contributed by atoms with Gasteiger partial charge in [-0.2, -0.15) is 10.4 Å². The van der Waals surface area contributed by atoms with E-state index in [0.717, 1.165) is 43.1 Å². The molecule has 22 heavy (non-hydrogen) atoms. The second-order valence-corrected chi connectivity index (χ2v) is 5.98. The Balaban J connectivity index is 1.65. The van der Waals surface area contributed by atoms with Gasteiger partial charge < -0.3 is 4.74 Å². The largest absolute Gasteiger partial charge is 0.469 e. The average Bonchev–Trinajstić information content (AvgIpc) is 2.95. The molecule has 1 fully saturated rings. The highest BCUT2D eigenvalue weighted by Crippen LogP contribution is 2.30. The van der Waals surface area contributed by atoms with E-state index in [1.165, 1.54) is 7.11 Å². The second-order valence-electron chi connectivity index (χ2n) is 5.98. The lowest BCUT2D eigenvalue weighted by Gasteiger charge is -2.26. The molecule has 0 N–H and O–H groups in total. The number of esters is 1. The van der Waals surface area contributed by atoms with Crippen LogP contribution in [0.3, 0.4) is 0 Å². The number of aromatic nitrogens is 2.